The molecule has 3 N–H and O–H groups in total. The molecule has 0 saturated heterocycles. The van der Waals surface area contributed by atoms with Crippen LogP contribution in [0, 0.1) is 5.41 Å². The first-order valence-corrected chi connectivity index (χ1v) is 7.14. The number of ether oxygens (including phenoxy) is 1. The molecule has 2 rings (SSSR count). The lowest BCUT2D eigenvalue weighted by Gasteiger charge is -2.29. The van der Waals surface area contributed by atoms with Crippen LogP contribution in [-0.2, 0) is 4.79 Å². The van der Waals surface area contributed by atoms with E-state index in [2.05, 4.69) is 26.1 Å². The Morgan fingerprint density at radius 3 is 2.85 bits per heavy atom. The number of amides is 1. The van der Waals surface area contributed by atoms with Crippen molar-refractivity contribution in [2.75, 3.05) is 6.61 Å². The van der Waals surface area contributed by atoms with Crippen molar-refractivity contribution in [1.29, 1.82) is 0 Å². The lowest BCUT2D eigenvalue weighted by atomic mass is 9.85. The number of hydrogen-bond donors (Lipinski definition) is 2. The molecule has 0 saturated carbocycles. The average molecular weight is 276 g/mol. The van der Waals surface area contributed by atoms with Gasteiger partial charge < -0.3 is 15.8 Å². The van der Waals surface area contributed by atoms with E-state index in [0.29, 0.717) is 13.0 Å². The highest BCUT2D eigenvalue weighted by Crippen LogP contribution is 2.31. The third-order valence-electron chi connectivity index (χ3n) is 3.81. The molecule has 1 aliphatic rings. The number of carbonyl (C=O) groups excluding carboxylic acids is 1. The summed E-state index contributed by atoms with van der Waals surface area (Å²) in [4.78, 5) is 12.1. The summed E-state index contributed by atoms with van der Waals surface area (Å²) >= 11 is 0. The molecular formula is C16H24N2O2. The Morgan fingerprint density at radius 1 is 1.45 bits per heavy atom. The van der Waals surface area contributed by atoms with Gasteiger partial charge in [-0.15, -0.1) is 0 Å². The van der Waals surface area contributed by atoms with Crippen molar-refractivity contribution in [3.63, 3.8) is 0 Å². The molecule has 1 aliphatic heterocycles. The number of para-hydroxylation sites is 1. The fraction of sp³-hybridized carbons (Fsp3) is 0.562. The van der Waals surface area contributed by atoms with Crippen LogP contribution >= 0.6 is 0 Å². The van der Waals surface area contributed by atoms with Gasteiger partial charge in [0, 0.05) is 24.4 Å². The van der Waals surface area contributed by atoms with E-state index in [0.717, 1.165) is 17.7 Å². The van der Waals surface area contributed by atoms with E-state index in [4.69, 9.17) is 10.5 Å². The van der Waals surface area contributed by atoms with E-state index >= 15 is 0 Å². The van der Waals surface area contributed by atoms with Gasteiger partial charge in [0.05, 0.1) is 12.6 Å². The molecule has 2 atom stereocenters. The van der Waals surface area contributed by atoms with Crippen molar-refractivity contribution < 1.29 is 9.53 Å². The summed E-state index contributed by atoms with van der Waals surface area (Å²) in [6.45, 7) is 6.78. The van der Waals surface area contributed by atoms with Crippen LogP contribution in [0.1, 0.15) is 45.2 Å². The molecule has 0 spiro atoms. The number of carbonyl (C=O) groups is 1. The Balaban J connectivity index is 1.99. The molecule has 4 heteroatoms. The maximum atomic E-state index is 12.1. The molecule has 0 aliphatic carbocycles. The number of benzene rings is 1. The SMILES string of the molecule is CC(C)(C)C(N)CC(=O)NC1CCOc2ccccc21. The van der Waals surface area contributed by atoms with Gasteiger partial charge in [-0.05, 0) is 11.5 Å². The quantitative estimate of drug-likeness (QED) is 0.891. The second kappa shape index (κ2) is 5.83. The fourth-order valence-corrected chi connectivity index (χ4v) is 2.25. The summed E-state index contributed by atoms with van der Waals surface area (Å²) in [5.41, 5.74) is 7.05. The summed E-state index contributed by atoms with van der Waals surface area (Å²) in [5, 5.41) is 3.08. The Kier molecular flexibility index (Phi) is 4.33. The van der Waals surface area contributed by atoms with Crippen LogP contribution in [0.25, 0.3) is 0 Å². The van der Waals surface area contributed by atoms with Crippen LogP contribution in [0.15, 0.2) is 24.3 Å². The van der Waals surface area contributed by atoms with Gasteiger partial charge in [0.2, 0.25) is 5.91 Å². The highest BCUT2D eigenvalue weighted by atomic mass is 16.5. The summed E-state index contributed by atoms with van der Waals surface area (Å²) in [6, 6.07) is 7.74. The molecule has 4 nitrogen and oxygen atoms in total. The monoisotopic (exact) mass is 276 g/mol. The van der Waals surface area contributed by atoms with Gasteiger partial charge in [-0.1, -0.05) is 39.0 Å². The Hall–Kier alpha value is -1.55. The van der Waals surface area contributed by atoms with Gasteiger partial charge in [-0.2, -0.15) is 0 Å². The molecule has 2 unspecified atom stereocenters. The first-order chi connectivity index (χ1) is 9.38. The summed E-state index contributed by atoms with van der Waals surface area (Å²) in [7, 11) is 0. The maximum absolute atomic E-state index is 12.1. The van der Waals surface area contributed by atoms with Crippen molar-refractivity contribution in [3.05, 3.63) is 29.8 Å². The molecule has 0 bridgehead atoms. The minimum atomic E-state index is -0.141. The summed E-state index contributed by atoms with van der Waals surface area (Å²) in [5.74, 6) is 0.873. The highest BCUT2D eigenvalue weighted by Gasteiger charge is 2.26. The van der Waals surface area contributed by atoms with E-state index in [1.54, 1.807) is 0 Å². The van der Waals surface area contributed by atoms with Gasteiger partial charge in [0.15, 0.2) is 0 Å². The topological polar surface area (TPSA) is 64.4 Å². The predicted octanol–water partition coefficient (Wildman–Crippen LogP) is 2.39. The van der Waals surface area contributed by atoms with E-state index in [1.165, 1.54) is 0 Å². The van der Waals surface area contributed by atoms with E-state index < -0.39 is 0 Å². The third kappa shape index (κ3) is 3.51. The van der Waals surface area contributed by atoms with Crippen LogP contribution in [-0.4, -0.2) is 18.6 Å². The van der Waals surface area contributed by atoms with E-state index in [-0.39, 0.29) is 23.4 Å². The molecule has 20 heavy (non-hydrogen) atoms. The zero-order valence-corrected chi connectivity index (χ0v) is 12.5. The van der Waals surface area contributed by atoms with E-state index in [1.807, 2.05) is 24.3 Å². The molecule has 1 aromatic rings. The summed E-state index contributed by atoms with van der Waals surface area (Å²) < 4.78 is 5.59. The van der Waals surface area contributed by atoms with E-state index in [9.17, 15) is 4.79 Å². The molecule has 110 valence electrons. The van der Waals surface area contributed by atoms with Crippen molar-refractivity contribution >= 4 is 5.91 Å². The summed E-state index contributed by atoms with van der Waals surface area (Å²) in [6.07, 6.45) is 1.15. The minimum Gasteiger partial charge on any atom is -0.493 e. The standard InChI is InChI=1S/C16H24N2O2/c1-16(2,3)14(17)10-15(19)18-12-8-9-20-13-7-5-4-6-11(12)13/h4-7,12,14H,8-10,17H2,1-3H3,(H,18,19). The smallest absolute Gasteiger partial charge is 0.222 e. The van der Waals surface area contributed by atoms with Crippen LogP contribution < -0.4 is 15.8 Å². The zero-order valence-electron chi connectivity index (χ0n) is 12.5. The predicted molar refractivity (Wildman–Crippen MR) is 79.5 cm³/mol. The van der Waals surface area contributed by atoms with Crippen molar-refractivity contribution in [1.82, 2.24) is 5.32 Å². The molecule has 0 radical (unpaired) electrons. The number of fused-ring (bicyclic) bond motifs is 1. The van der Waals surface area contributed by atoms with Crippen molar-refractivity contribution in [2.24, 2.45) is 11.1 Å². The zero-order chi connectivity index (χ0) is 14.8. The second-order valence-corrected chi connectivity index (χ2v) is 6.47. The van der Waals surface area contributed by atoms with Crippen molar-refractivity contribution in [3.8, 4) is 5.75 Å². The second-order valence-electron chi connectivity index (χ2n) is 6.47. The number of hydrogen-bond acceptors (Lipinski definition) is 3. The largest absolute Gasteiger partial charge is 0.493 e. The lowest BCUT2D eigenvalue weighted by Crippen LogP contribution is -2.41. The molecule has 0 aromatic heterocycles. The van der Waals surface area contributed by atoms with Gasteiger partial charge in [0.25, 0.3) is 0 Å². The lowest BCUT2D eigenvalue weighted by molar-refractivity contribution is -0.122. The first kappa shape index (κ1) is 14.9. The normalized spacial score (nSPS) is 19.7. The first-order valence-electron chi connectivity index (χ1n) is 7.14. The van der Waals surface area contributed by atoms with Gasteiger partial charge >= 0.3 is 0 Å². The average Bonchev–Trinajstić information content (AvgIpc) is 2.38. The fourth-order valence-electron chi connectivity index (χ4n) is 2.25. The number of nitrogens with two attached hydrogens (primary N) is 1. The molecule has 1 amide bonds. The van der Waals surface area contributed by atoms with Crippen LogP contribution in [0.2, 0.25) is 0 Å². The number of rotatable bonds is 3. The molecule has 0 fully saturated rings. The third-order valence-corrected chi connectivity index (χ3v) is 3.81. The highest BCUT2D eigenvalue weighted by molar-refractivity contribution is 5.77. The van der Waals surface area contributed by atoms with Crippen molar-refractivity contribution in [2.45, 2.75) is 45.7 Å². The molecular weight excluding hydrogens is 252 g/mol. The van der Waals surface area contributed by atoms with Crippen LogP contribution in [0.3, 0.4) is 0 Å². The minimum absolute atomic E-state index is 0.00845. The Morgan fingerprint density at radius 2 is 2.15 bits per heavy atom. The van der Waals surface area contributed by atoms with Gasteiger partial charge in [-0.3, -0.25) is 4.79 Å². The Labute approximate surface area is 120 Å². The molecule has 1 aromatic carbocycles. The van der Waals surface area contributed by atoms with Crippen LogP contribution in [0.5, 0.6) is 5.75 Å². The van der Waals surface area contributed by atoms with Gasteiger partial charge in [-0.25, -0.2) is 0 Å². The molecule has 1 heterocycles. The number of nitrogens with one attached hydrogen (secondary N) is 1. The Bertz CT molecular complexity index is 480. The van der Waals surface area contributed by atoms with Gasteiger partial charge in [0.1, 0.15) is 5.75 Å². The van der Waals surface area contributed by atoms with Crippen LogP contribution in [0.4, 0.5) is 0 Å². The maximum Gasteiger partial charge on any atom is 0.222 e.